The Labute approximate surface area is 238 Å². The molecule has 3 aromatic rings. The Morgan fingerprint density at radius 1 is 0.683 bits per heavy atom. The number of aromatic carboxylic acids is 2. The molecule has 0 amide bonds. The lowest BCUT2D eigenvalue weighted by atomic mass is 9.72. The highest BCUT2D eigenvalue weighted by Gasteiger charge is 2.57. The molecule has 0 saturated carbocycles. The Kier molecular flexibility index (Phi) is 5.54. The van der Waals surface area contributed by atoms with Crippen LogP contribution in [0.15, 0.2) is 24.3 Å². The van der Waals surface area contributed by atoms with Gasteiger partial charge in [0, 0.05) is 5.41 Å². The van der Waals surface area contributed by atoms with Crippen molar-refractivity contribution in [2.45, 2.75) is 70.6 Å². The smallest absolute Gasteiger partial charge is 0.339 e. The number of benzene rings is 3. The number of methoxy groups -OCH3 is 2. The van der Waals surface area contributed by atoms with Crippen molar-refractivity contribution in [1.29, 1.82) is 0 Å². The van der Waals surface area contributed by atoms with Crippen molar-refractivity contribution in [3.05, 3.63) is 68.8 Å². The van der Waals surface area contributed by atoms with Gasteiger partial charge in [0.05, 0.1) is 14.2 Å². The number of carboxylic acids is 2. The SMILES string of the molecule is COc1cc2c(cc1OC)C1(CC2(C)C)CC(C)(C)c2cc3c(cc21)Oc1c(c(C(=O)O)c(C)c(C)c1C(=O)O)O3. The fourth-order valence-electron chi connectivity index (χ4n) is 7.67. The Morgan fingerprint density at radius 2 is 1.05 bits per heavy atom. The molecular weight excluding hydrogens is 524 g/mol. The number of hydrogen-bond acceptors (Lipinski definition) is 6. The molecule has 8 heteroatoms. The molecule has 3 aliphatic rings. The molecule has 41 heavy (non-hydrogen) atoms. The molecule has 3 aromatic carbocycles. The number of carboxylic acid groups (broad SMARTS) is 2. The third kappa shape index (κ3) is 3.52. The van der Waals surface area contributed by atoms with Crippen LogP contribution in [0.4, 0.5) is 0 Å². The summed E-state index contributed by atoms with van der Waals surface area (Å²) < 4.78 is 23.9. The van der Waals surface area contributed by atoms with E-state index in [4.69, 9.17) is 18.9 Å². The van der Waals surface area contributed by atoms with Gasteiger partial charge in [-0.2, -0.15) is 0 Å². The molecule has 1 spiro atoms. The molecule has 2 aliphatic carbocycles. The fraction of sp³-hybridized carbons (Fsp3) is 0.394. The first kappa shape index (κ1) is 27.0. The average molecular weight is 559 g/mol. The summed E-state index contributed by atoms with van der Waals surface area (Å²) in [5.74, 6) is -0.503. The second-order valence-corrected chi connectivity index (χ2v) is 12.8. The van der Waals surface area contributed by atoms with Gasteiger partial charge in [-0.25, -0.2) is 9.59 Å². The van der Waals surface area contributed by atoms with Crippen molar-refractivity contribution in [2.75, 3.05) is 14.2 Å². The van der Waals surface area contributed by atoms with Gasteiger partial charge in [-0.05, 0) is 95.2 Å². The first-order chi connectivity index (χ1) is 19.2. The van der Waals surface area contributed by atoms with Crippen molar-refractivity contribution in [1.82, 2.24) is 0 Å². The van der Waals surface area contributed by atoms with E-state index in [9.17, 15) is 19.8 Å². The van der Waals surface area contributed by atoms with E-state index < -0.39 is 11.9 Å². The normalized spacial score (nSPS) is 20.3. The van der Waals surface area contributed by atoms with E-state index in [2.05, 4.69) is 39.8 Å². The van der Waals surface area contributed by atoms with Crippen LogP contribution in [0.3, 0.4) is 0 Å². The van der Waals surface area contributed by atoms with Gasteiger partial charge >= 0.3 is 11.9 Å². The van der Waals surface area contributed by atoms with Gasteiger partial charge in [-0.15, -0.1) is 0 Å². The van der Waals surface area contributed by atoms with E-state index >= 15 is 0 Å². The maximum atomic E-state index is 12.3. The predicted octanol–water partition coefficient (Wildman–Crippen LogP) is 7.26. The minimum atomic E-state index is -1.21. The van der Waals surface area contributed by atoms with Crippen LogP contribution in [0.25, 0.3) is 0 Å². The minimum Gasteiger partial charge on any atom is -0.493 e. The number of hydrogen-bond donors (Lipinski definition) is 2. The largest absolute Gasteiger partial charge is 0.493 e. The monoisotopic (exact) mass is 558 g/mol. The van der Waals surface area contributed by atoms with Crippen LogP contribution >= 0.6 is 0 Å². The summed E-state index contributed by atoms with van der Waals surface area (Å²) in [6.45, 7) is 12.1. The molecule has 214 valence electrons. The van der Waals surface area contributed by atoms with Gasteiger partial charge in [0.25, 0.3) is 0 Å². The maximum Gasteiger partial charge on any atom is 0.339 e. The van der Waals surface area contributed by atoms with E-state index in [1.165, 1.54) is 11.1 Å². The lowest BCUT2D eigenvalue weighted by molar-refractivity contribution is 0.0672. The molecule has 1 unspecified atom stereocenters. The molecule has 1 atom stereocenters. The van der Waals surface area contributed by atoms with Crippen LogP contribution < -0.4 is 18.9 Å². The summed E-state index contributed by atoms with van der Waals surface area (Å²) in [7, 11) is 3.28. The summed E-state index contributed by atoms with van der Waals surface area (Å²) in [5, 5.41) is 20.1. The number of fused-ring (bicyclic) bond motifs is 6. The quantitative estimate of drug-likeness (QED) is 0.269. The van der Waals surface area contributed by atoms with Crippen LogP contribution in [0.2, 0.25) is 0 Å². The van der Waals surface area contributed by atoms with Gasteiger partial charge in [0.15, 0.2) is 34.5 Å². The highest BCUT2D eigenvalue weighted by atomic mass is 16.6. The van der Waals surface area contributed by atoms with E-state index in [0.29, 0.717) is 34.1 Å². The van der Waals surface area contributed by atoms with Crippen LogP contribution in [-0.2, 0) is 16.2 Å². The lowest BCUT2D eigenvalue weighted by Gasteiger charge is -2.31. The Balaban J connectivity index is 1.60. The first-order valence-corrected chi connectivity index (χ1v) is 13.6. The first-order valence-electron chi connectivity index (χ1n) is 13.6. The summed E-state index contributed by atoms with van der Waals surface area (Å²) in [6, 6.07) is 8.08. The van der Waals surface area contributed by atoms with Gasteiger partial charge in [-0.3, -0.25) is 0 Å². The molecular formula is C33H34O8. The maximum absolute atomic E-state index is 12.3. The molecule has 0 radical (unpaired) electrons. The van der Waals surface area contributed by atoms with Crippen molar-refractivity contribution in [3.63, 3.8) is 0 Å². The average Bonchev–Trinajstić information content (AvgIpc) is 3.24. The van der Waals surface area contributed by atoms with E-state index in [-0.39, 0.29) is 38.9 Å². The van der Waals surface area contributed by atoms with Gasteiger partial charge < -0.3 is 29.2 Å². The van der Waals surface area contributed by atoms with E-state index in [0.717, 1.165) is 24.0 Å². The lowest BCUT2D eigenvalue weighted by Crippen LogP contribution is -2.27. The zero-order chi connectivity index (χ0) is 29.8. The zero-order valence-electron chi connectivity index (χ0n) is 24.6. The fourth-order valence-corrected chi connectivity index (χ4v) is 7.67. The third-order valence-corrected chi connectivity index (χ3v) is 9.41. The molecule has 0 bridgehead atoms. The molecule has 0 aromatic heterocycles. The minimum absolute atomic E-state index is 0.0832. The Hall–Kier alpha value is -4.20. The van der Waals surface area contributed by atoms with Crippen molar-refractivity contribution in [2.24, 2.45) is 0 Å². The molecule has 0 fully saturated rings. The molecule has 2 N–H and O–H groups in total. The zero-order valence-corrected chi connectivity index (χ0v) is 24.6. The molecule has 6 rings (SSSR count). The second kappa shape index (κ2) is 8.41. The Morgan fingerprint density at radius 3 is 1.46 bits per heavy atom. The van der Waals surface area contributed by atoms with Crippen molar-refractivity contribution >= 4 is 11.9 Å². The predicted molar refractivity (Wildman–Crippen MR) is 152 cm³/mol. The molecule has 1 aliphatic heterocycles. The molecule has 8 nitrogen and oxygen atoms in total. The topological polar surface area (TPSA) is 112 Å². The van der Waals surface area contributed by atoms with E-state index in [1.54, 1.807) is 28.1 Å². The third-order valence-electron chi connectivity index (χ3n) is 9.41. The number of rotatable bonds is 4. The van der Waals surface area contributed by atoms with Crippen LogP contribution in [0.5, 0.6) is 34.5 Å². The standard InChI is InChI=1S/C33H34O8/c1-15-16(2)26(30(36)37)28-27(25(15)29(34)35)40-23-10-18-20(12-24(23)41-28)33(14-32(18,5)6)13-31(3,4)17-9-21(38-7)22(39-8)11-19(17)33/h9-12H,13-14H2,1-8H3,(H,34,35)(H,36,37). The molecule has 0 saturated heterocycles. The van der Waals surface area contributed by atoms with Crippen LogP contribution in [0.1, 0.15) is 94.6 Å². The van der Waals surface area contributed by atoms with Gasteiger partial charge in [0.1, 0.15) is 11.1 Å². The second-order valence-electron chi connectivity index (χ2n) is 12.8. The van der Waals surface area contributed by atoms with Gasteiger partial charge in [-0.1, -0.05) is 27.7 Å². The summed E-state index contributed by atoms with van der Waals surface area (Å²) in [4.78, 5) is 24.6. The summed E-state index contributed by atoms with van der Waals surface area (Å²) in [5.41, 5.74) is 4.23. The van der Waals surface area contributed by atoms with Crippen LogP contribution in [-0.4, -0.2) is 36.4 Å². The Bertz CT molecular complexity index is 1700. The van der Waals surface area contributed by atoms with Crippen LogP contribution in [0, 0.1) is 13.8 Å². The highest BCUT2D eigenvalue weighted by molar-refractivity contribution is 6.01. The number of carbonyl (C=O) groups is 2. The van der Waals surface area contributed by atoms with E-state index in [1.807, 2.05) is 12.1 Å². The van der Waals surface area contributed by atoms with Crippen molar-refractivity contribution < 1.29 is 38.7 Å². The van der Waals surface area contributed by atoms with Gasteiger partial charge in [0.2, 0.25) is 0 Å². The molecule has 1 heterocycles. The number of ether oxygens (including phenoxy) is 4. The highest BCUT2D eigenvalue weighted by Crippen LogP contribution is 2.65. The van der Waals surface area contributed by atoms with Crippen molar-refractivity contribution in [3.8, 4) is 34.5 Å². The summed E-state index contributed by atoms with van der Waals surface area (Å²) in [6.07, 6.45) is 1.68. The summed E-state index contributed by atoms with van der Waals surface area (Å²) >= 11 is 0.